The van der Waals surface area contributed by atoms with Crippen LogP contribution in [0.5, 0.6) is 17.2 Å². The second kappa shape index (κ2) is 12.0. The maximum atomic E-state index is 12.9. The van der Waals surface area contributed by atoms with Crippen molar-refractivity contribution < 1.29 is 23.7 Å². The predicted octanol–water partition coefficient (Wildman–Crippen LogP) is 4.08. The Morgan fingerprint density at radius 2 is 2.00 bits per heavy atom. The lowest BCUT2D eigenvalue weighted by atomic mass is 10.00. The number of terminal acetylenes is 1. The zero-order chi connectivity index (χ0) is 22.8. The third-order valence-corrected chi connectivity index (χ3v) is 5.55. The lowest BCUT2D eigenvalue weighted by Gasteiger charge is -2.25. The minimum Gasteiger partial charge on any atom is -0.493 e. The molecule has 0 saturated carbocycles. The molecule has 3 rings (SSSR count). The van der Waals surface area contributed by atoms with E-state index in [0.717, 1.165) is 36.9 Å². The lowest BCUT2D eigenvalue weighted by Crippen LogP contribution is -2.41. The second-order valence-corrected chi connectivity index (χ2v) is 7.72. The highest BCUT2D eigenvalue weighted by molar-refractivity contribution is 5.76. The molecule has 0 aliphatic carbocycles. The molecule has 0 amide bonds. The van der Waals surface area contributed by atoms with Gasteiger partial charge in [0.2, 0.25) is 0 Å². The number of methoxy groups -OCH3 is 2. The molecule has 1 N–H and O–H groups in total. The number of hydrogen-bond acceptors (Lipinski definition) is 6. The summed E-state index contributed by atoms with van der Waals surface area (Å²) in [6.45, 7) is 1.02. The SMILES string of the molecule is C#CCOc1cccc([C@H](CCc2ccc(OC)c(OC)c2)OC(=O)[C@H]2CCCCN2)c1. The summed E-state index contributed by atoms with van der Waals surface area (Å²) in [5.41, 5.74) is 1.95. The van der Waals surface area contributed by atoms with Crippen molar-refractivity contribution in [2.45, 2.75) is 44.2 Å². The van der Waals surface area contributed by atoms with Crippen molar-refractivity contribution >= 4 is 5.97 Å². The van der Waals surface area contributed by atoms with Gasteiger partial charge in [-0.05, 0) is 67.6 Å². The summed E-state index contributed by atoms with van der Waals surface area (Å²) in [7, 11) is 3.23. The molecule has 2 aromatic carbocycles. The van der Waals surface area contributed by atoms with E-state index in [9.17, 15) is 4.79 Å². The fourth-order valence-electron chi connectivity index (χ4n) is 3.83. The van der Waals surface area contributed by atoms with E-state index in [0.29, 0.717) is 30.1 Å². The molecule has 0 unspecified atom stereocenters. The molecule has 1 fully saturated rings. The molecule has 1 saturated heterocycles. The Balaban J connectivity index is 1.77. The molecule has 2 aromatic rings. The standard InChI is InChI=1S/C26H31NO5/c1-4-16-31-21-9-7-8-20(18-21)23(32-26(28)22-10-5-6-15-27-22)13-11-19-12-14-24(29-2)25(17-19)30-3/h1,7-9,12,14,17-18,22-23,27H,5-6,10-11,13,15-16H2,2-3H3/t22-,23+/m1/s1. The molecular formula is C26H31NO5. The van der Waals surface area contributed by atoms with Gasteiger partial charge in [0, 0.05) is 0 Å². The van der Waals surface area contributed by atoms with Crippen LogP contribution in [0.25, 0.3) is 0 Å². The first kappa shape index (κ1) is 23.5. The molecule has 1 heterocycles. The van der Waals surface area contributed by atoms with Crippen LogP contribution in [0.3, 0.4) is 0 Å². The summed E-state index contributed by atoms with van der Waals surface area (Å²) in [6.07, 6.45) is 9.13. The number of piperidine rings is 1. The first-order chi connectivity index (χ1) is 15.6. The Bertz CT molecular complexity index is 930. The fraction of sp³-hybridized carbons (Fsp3) is 0.423. The van der Waals surface area contributed by atoms with Crippen LogP contribution < -0.4 is 19.5 Å². The minimum atomic E-state index is -0.409. The molecule has 0 spiro atoms. The molecule has 2 atom stereocenters. The quantitative estimate of drug-likeness (QED) is 0.446. The van der Waals surface area contributed by atoms with Crippen LogP contribution in [-0.4, -0.2) is 39.4 Å². The maximum Gasteiger partial charge on any atom is 0.323 e. The second-order valence-electron chi connectivity index (χ2n) is 7.72. The summed E-state index contributed by atoms with van der Waals surface area (Å²) < 4.78 is 22.3. The Hall–Kier alpha value is -3.17. The van der Waals surface area contributed by atoms with Gasteiger partial charge in [0.1, 0.15) is 24.5 Å². The number of nitrogens with one attached hydrogen (secondary N) is 1. The normalized spacial score (nSPS) is 16.5. The summed E-state index contributed by atoms with van der Waals surface area (Å²) in [5.74, 6) is 4.27. The van der Waals surface area contributed by atoms with Gasteiger partial charge in [-0.2, -0.15) is 0 Å². The van der Waals surface area contributed by atoms with E-state index < -0.39 is 6.10 Å². The molecule has 0 aromatic heterocycles. The monoisotopic (exact) mass is 437 g/mol. The molecule has 6 heteroatoms. The van der Waals surface area contributed by atoms with Crippen molar-refractivity contribution in [2.75, 3.05) is 27.4 Å². The summed E-state index contributed by atoms with van der Waals surface area (Å²) in [4.78, 5) is 12.9. The van der Waals surface area contributed by atoms with Crippen molar-refractivity contribution in [3.63, 3.8) is 0 Å². The zero-order valence-electron chi connectivity index (χ0n) is 18.8. The molecular weight excluding hydrogens is 406 g/mol. The van der Waals surface area contributed by atoms with E-state index in [4.69, 9.17) is 25.4 Å². The van der Waals surface area contributed by atoms with Crippen LogP contribution in [0.2, 0.25) is 0 Å². The Labute approximate surface area is 190 Å². The molecule has 1 aliphatic heterocycles. The van der Waals surface area contributed by atoms with Crippen molar-refractivity contribution in [2.24, 2.45) is 0 Å². The first-order valence-electron chi connectivity index (χ1n) is 11.0. The van der Waals surface area contributed by atoms with Gasteiger partial charge in [-0.15, -0.1) is 6.42 Å². The maximum absolute atomic E-state index is 12.9. The highest BCUT2D eigenvalue weighted by Crippen LogP contribution is 2.31. The smallest absolute Gasteiger partial charge is 0.323 e. The molecule has 0 bridgehead atoms. The van der Waals surface area contributed by atoms with Crippen molar-refractivity contribution in [3.05, 3.63) is 53.6 Å². The molecule has 170 valence electrons. The third kappa shape index (κ3) is 6.41. The number of esters is 1. The van der Waals surface area contributed by atoms with Gasteiger partial charge < -0.3 is 24.3 Å². The third-order valence-electron chi connectivity index (χ3n) is 5.55. The number of hydrogen-bond donors (Lipinski definition) is 1. The summed E-state index contributed by atoms with van der Waals surface area (Å²) in [6, 6.07) is 13.1. The molecule has 0 radical (unpaired) electrons. The minimum absolute atomic E-state index is 0.186. The topological polar surface area (TPSA) is 66.0 Å². The van der Waals surface area contributed by atoms with Crippen LogP contribution in [0.1, 0.15) is 42.9 Å². The van der Waals surface area contributed by atoms with Gasteiger partial charge in [-0.25, -0.2) is 0 Å². The lowest BCUT2D eigenvalue weighted by molar-refractivity contribution is -0.153. The van der Waals surface area contributed by atoms with Gasteiger partial charge in [-0.1, -0.05) is 30.5 Å². The van der Waals surface area contributed by atoms with Crippen LogP contribution in [0.15, 0.2) is 42.5 Å². The van der Waals surface area contributed by atoms with E-state index in [1.54, 1.807) is 14.2 Å². The van der Waals surface area contributed by atoms with Crippen LogP contribution in [0.4, 0.5) is 0 Å². The van der Waals surface area contributed by atoms with Gasteiger partial charge >= 0.3 is 5.97 Å². The van der Waals surface area contributed by atoms with Crippen molar-refractivity contribution in [1.29, 1.82) is 0 Å². The Morgan fingerprint density at radius 1 is 1.16 bits per heavy atom. The van der Waals surface area contributed by atoms with Crippen LogP contribution in [0, 0.1) is 12.3 Å². The average Bonchev–Trinajstić information content (AvgIpc) is 2.85. The van der Waals surface area contributed by atoms with Crippen molar-refractivity contribution in [3.8, 4) is 29.6 Å². The van der Waals surface area contributed by atoms with Gasteiger partial charge in [0.05, 0.1) is 14.2 Å². The molecule has 32 heavy (non-hydrogen) atoms. The van der Waals surface area contributed by atoms with Crippen LogP contribution in [-0.2, 0) is 16.0 Å². The van der Waals surface area contributed by atoms with E-state index in [1.165, 1.54) is 0 Å². The van der Waals surface area contributed by atoms with Gasteiger partial charge in [-0.3, -0.25) is 4.79 Å². The molecule has 6 nitrogen and oxygen atoms in total. The Morgan fingerprint density at radius 3 is 2.72 bits per heavy atom. The number of benzene rings is 2. The molecule has 1 aliphatic rings. The summed E-state index contributed by atoms with van der Waals surface area (Å²) in [5, 5.41) is 3.26. The first-order valence-corrected chi connectivity index (χ1v) is 11.0. The van der Waals surface area contributed by atoms with E-state index in [2.05, 4.69) is 11.2 Å². The number of ether oxygens (including phenoxy) is 4. The van der Waals surface area contributed by atoms with Gasteiger partial charge in [0.15, 0.2) is 11.5 Å². The predicted molar refractivity (Wildman–Crippen MR) is 123 cm³/mol. The van der Waals surface area contributed by atoms with E-state index in [1.807, 2.05) is 42.5 Å². The number of rotatable bonds is 10. The number of carbonyl (C=O) groups is 1. The number of aryl methyl sites for hydroxylation is 1. The highest BCUT2D eigenvalue weighted by Gasteiger charge is 2.26. The largest absolute Gasteiger partial charge is 0.493 e. The van der Waals surface area contributed by atoms with Crippen LogP contribution >= 0.6 is 0 Å². The van der Waals surface area contributed by atoms with Gasteiger partial charge in [0.25, 0.3) is 0 Å². The van der Waals surface area contributed by atoms with Crippen molar-refractivity contribution in [1.82, 2.24) is 5.32 Å². The van der Waals surface area contributed by atoms with E-state index in [-0.39, 0.29) is 18.6 Å². The fourth-order valence-corrected chi connectivity index (χ4v) is 3.83. The van der Waals surface area contributed by atoms with E-state index >= 15 is 0 Å². The number of carbonyl (C=O) groups excluding carboxylic acids is 1. The Kier molecular flexibility index (Phi) is 8.82. The summed E-state index contributed by atoms with van der Waals surface area (Å²) >= 11 is 0. The zero-order valence-corrected chi connectivity index (χ0v) is 18.8. The highest BCUT2D eigenvalue weighted by atomic mass is 16.5. The average molecular weight is 438 g/mol.